The van der Waals surface area contributed by atoms with Crippen LogP contribution in [0.2, 0.25) is 5.02 Å². The molecule has 2 aliphatic rings. The maximum atomic E-state index is 13.2. The number of halogens is 1. The van der Waals surface area contributed by atoms with E-state index in [0.717, 1.165) is 29.8 Å². The molecule has 1 atom stereocenters. The van der Waals surface area contributed by atoms with E-state index in [0.29, 0.717) is 28.4 Å². The highest BCUT2D eigenvalue weighted by atomic mass is 35.5. The topological polar surface area (TPSA) is 71.1 Å². The van der Waals surface area contributed by atoms with Gasteiger partial charge in [0, 0.05) is 46.1 Å². The van der Waals surface area contributed by atoms with Gasteiger partial charge in [0.2, 0.25) is 0 Å². The number of benzene rings is 1. The molecule has 0 fully saturated rings. The van der Waals surface area contributed by atoms with E-state index >= 15 is 0 Å². The van der Waals surface area contributed by atoms with Crippen molar-refractivity contribution in [1.29, 1.82) is 0 Å². The first kappa shape index (κ1) is 18.4. The molecule has 0 saturated carbocycles. The lowest BCUT2D eigenvalue weighted by molar-refractivity contribution is -0.116. The Kier molecular flexibility index (Phi) is 5.01. The van der Waals surface area contributed by atoms with Crippen molar-refractivity contribution in [2.45, 2.75) is 32.1 Å². The van der Waals surface area contributed by atoms with Crippen LogP contribution in [0.4, 0.5) is 5.82 Å². The molecule has 1 unspecified atom stereocenters. The predicted molar refractivity (Wildman–Crippen MR) is 109 cm³/mol. The number of allylic oxidation sites excluding steroid dienone is 3. The number of dihydropyridines is 1. The maximum absolute atomic E-state index is 13.2. The van der Waals surface area contributed by atoms with Gasteiger partial charge in [0.15, 0.2) is 5.78 Å². The standard InChI is InChI=1S/C22H20ClN3O2/c1-13-19(22(28)26-18-10-2-3-11-24-18)20(14-6-4-7-15(23)12-14)21-16(25-13)8-5-9-17(21)27/h2-4,6-7,10-12,20,25H,5,8-9H2,1H3,(H,24,26,28). The number of aromatic nitrogens is 1. The van der Waals surface area contributed by atoms with Crippen LogP contribution in [0, 0.1) is 0 Å². The summed E-state index contributed by atoms with van der Waals surface area (Å²) in [6.07, 6.45) is 3.72. The molecular formula is C22H20ClN3O2. The number of amides is 1. The number of rotatable bonds is 3. The Morgan fingerprint density at radius 1 is 1.21 bits per heavy atom. The summed E-state index contributed by atoms with van der Waals surface area (Å²) in [7, 11) is 0. The van der Waals surface area contributed by atoms with Crippen molar-refractivity contribution in [3.8, 4) is 0 Å². The SMILES string of the molecule is CC1=C(C(=O)Nc2ccccn2)C(c2cccc(Cl)c2)C2=C(CCCC2=O)N1. The number of nitrogens with zero attached hydrogens (tertiary/aromatic N) is 1. The molecule has 28 heavy (non-hydrogen) atoms. The van der Waals surface area contributed by atoms with Gasteiger partial charge >= 0.3 is 0 Å². The molecule has 5 nitrogen and oxygen atoms in total. The zero-order valence-corrected chi connectivity index (χ0v) is 16.2. The minimum atomic E-state index is -0.452. The minimum Gasteiger partial charge on any atom is -0.362 e. The van der Waals surface area contributed by atoms with E-state index in [1.807, 2.05) is 31.2 Å². The molecule has 142 valence electrons. The third kappa shape index (κ3) is 3.45. The van der Waals surface area contributed by atoms with Crippen LogP contribution in [0.5, 0.6) is 0 Å². The Bertz CT molecular complexity index is 1010. The van der Waals surface area contributed by atoms with Gasteiger partial charge in [-0.2, -0.15) is 0 Å². The van der Waals surface area contributed by atoms with Gasteiger partial charge in [-0.25, -0.2) is 4.98 Å². The number of Topliss-reactive ketones (excluding diaryl/α,β-unsaturated/α-hetero) is 1. The summed E-state index contributed by atoms with van der Waals surface area (Å²) in [4.78, 5) is 30.2. The lowest BCUT2D eigenvalue weighted by Gasteiger charge is -2.34. The molecule has 2 heterocycles. The number of anilines is 1. The molecule has 2 aromatic rings. The van der Waals surface area contributed by atoms with Gasteiger partial charge in [-0.05, 0) is 49.6 Å². The van der Waals surface area contributed by atoms with E-state index in [1.165, 1.54) is 0 Å². The molecule has 0 saturated heterocycles. The van der Waals surface area contributed by atoms with Gasteiger partial charge < -0.3 is 10.6 Å². The van der Waals surface area contributed by atoms with E-state index in [2.05, 4.69) is 15.6 Å². The summed E-state index contributed by atoms with van der Waals surface area (Å²) in [5.41, 5.74) is 3.68. The quantitative estimate of drug-likeness (QED) is 0.813. The lowest BCUT2D eigenvalue weighted by Crippen LogP contribution is -2.35. The van der Waals surface area contributed by atoms with Crippen LogP contribution in [-0.2, 0) is 9.59 Å². The number of pyridine rings is 1. The van der Waals surface area contributed by atoms with Gasteiger partial charge in [0.05, 0.1) is 0 Å². The lowest BCUT2D eigenvalue weighted by atomic mass is 9.75. The molecule has 1 amide bonds. The molecular weight excluding hydrogens is 374 g/mol. The summed E-state index contributed by atoms with van der Waals surface area (Å²) in [6.45, 7) is 1.87. The predicted octanol–water partition coefficient (Wildman–Crippen LogP) is 4.34. The highest BCUT2D eigenvalue weighted by Gasteiger charge is 2.38. The first-order valence-electron chi connectivity index (χ1n) is 9.26. The molecule has 0 spiro atoms. The number of ketones is 1. The van der Waals surface area contributed by atoms with Crippen LogP contribution in [0.3, 0.4) is 0 Å². The average Bonchev–Trinajstić information content (AvgIpc) is 2.68. The Morgan fingerprint density at radius 2 is 2.07 bits per heavy atom. The normalized spacial score (nSPS) is 19.2. The van der Waals surface area contributed by atoms with Gasteiger partial charge in [-0.3, -0.25) is 9.59 Å². The number of carbonyl (C=O) groups excluding carboxylic acids is 2. The molecule has 0 bridgehead atoms. The zero-order valence-electron chi connectivity index (χ0n) is 15.5. The second-order valence-electron chi connectivity index (χ2n) is 6.99. The number of hydrogen-bond acceptors (Lipinski definition) is 4. The molecule has 1 aromatic carbocycles. The summed E-state index contributed by atoms with van der Waals surface area (Å²) >= 11 is 6.23. The van der Waals surface area contributed by atoms with Crippen LogP contribution in [-0.4, -0.2) is 16.7 Å². The van der Waals surface area contributed by atoms with Gasteiger partial charge in [0.25, 0.3) is 5.91 Å². The monoisotopic (exact) mass is 393 g/mol. The summed E-state index contributed by atoms with van der Waals surface area (Å²) in [6, 6.07) is 12.7. The van der Waals surface area contributed by atoms with Crippen molar-refractivity contribution in [2.24, 2.45) is 0 Å². The Hall–Kier alpha value is -2.92. The van der Waals surface area contributed by atoms with Crippen molar-refractivity contribution in [3.05, 3.63) is 81.8 Å². The minimum absolute atomic E-state index is 0.0781. The molecule has 2 N–H and O–H groups in total. The highest BCUT2D eigenvalue weighted by molar-refractivity contribution is 6.30. The fourth-order valence-electron chi connectivity index (χ4n) is 3.92. The summed E-state index contributed by atoms with van der Waals surface area (Å²) in [5.74, 6) is -0.188. The molecule has 6 heteroatoms. The van der Waals surface area contributed by atoms with Gasteiger partial charge in [-0.1, -0.05) is 29.8 Å². The second kappa shape index (κ2) is 7.60. The van der Waals surface area contributed by atoms with Crippen LogP contribution in [0.25, 0.3) is 0 Å². The van der Waals surface area contributed by atoms with Crippen molar-refractivity contribution in [3.63, 3.8) is 0 Å². The molecule has 1 aromatic heterocycles. The first-order chi connectivity index (χ1) is 13.5. The van der Waals surface area contributed by atoms with Crippen LogP contribution in [0.15, 0.2) is 71.2 Å². The van der Waals surface area contributed by atoms with Crippen molar-refractivity contribution >= 4 is 29.1 Å². The Morgan fingerprint density at radius 3 is 2.82 bits per heavy atom. The van der Waals surface area contributed by atoms with E-state index in [4.69, 9.17) is 11.6 Å². The Balaban J connectivity index is 1.80. The zero-order chi connectivity index (χ0) is 19.7. The fraction of sp³-hybridized carbons (Fsp3) is 0.227. The molecule has 4 rings (SSSR count). The average molecular weight is 394 g/mol. The molecule has 1 aliphatic heterocycles. The van der Waals surface area contributed by atoms with E-state index in [9.17, 15) is 9.59 Å². The smallest absolute Gasteiger partial charge is 0.255 e. The third-order valence-electron chi connectivity index (χ3n) is 5.11. The van der Waals surface area contributed by atoms with Gasteiger partial charge in [-0.15, -0.1) is 0 Å². The first-order valence-corrected chi connectivity index (χ1v) is 9.64. The van der Waals surface area contributed by atoms with E-state index in [-0.39, 0.29) is 11.7 Å². The number of carbonyl (C=O) groups is 2. The van der Waals surface area contributed by atoms with Crippen LogP contribution >= 0.6 is 11.6 Å². The largest absolute Gasteiger partial charge is 0.362 e. The summed E-state index contributed by atoms with van der Waals surface area (Å²) in [5, 5.41) is 6.73. The molecule has 0 radical (unpaired) electrons. The van der Waals surface area contributed by atoms with E-state index in [1.54, 1.807) is 24.4 Å². The fourth-order valence-corrected chi connectivity index (χ4v) is 4.12. The van der Waals surface area contributed by atoms with E-state index < -0.39 is 5.92 Å². The molecule has 1 aliphatic carbocycles. The highest BCUT2D eigenvalue weighted by Crippen LogP contribution is 2.42. The van der Waals surface area contributed by atoms with Crippen LogP contribution < -0.4 is 10.6 Å². The van der Waals surface area contributed by atoms with Gasteiger partial charge in [0.1, 0.15) is 5.82 Å². The maximum Gasteiger partial charge on any atom is 0.255 e. The summed E-state index contributed by atoms with van der Waals surface area (Å²) < 4.78 is 0. The van der Waals surface area contributed by atoms with Crippen molar-refractivity contribution in [1.82, 2.24) is 10.3 Å². The van der Waals surface area contributed by atoms with Crippen LogP contribution in [0.1, 0.15) is 37.7 Å². The van der Waals surface area contributed by atoms with Crippen molar-refractivity contribution < 1.29 is 9.59 Å². The Labute approximate surface area is 168 Å². The second-order valence-corrected chi connectivity index (χ2v) is 7.43. The number of nitrogens with one attached hydrogen (secondary N) is 2. The third-order valence-corrected chi connectivity index (χ3v) is 5.34. The van der Waals surface area contributed by atoms with Crippen molar-refractivity contribution in [2.75, 3.05) is 5.32 Å². The number of hydrogen-bond donors (Lipinski definition) is 2.